The molecule has 18 heavy (non-hydrogen) atoms. The van der Waals surface area contributed by atoms with Gasteiger partial charge in [-0.05, 0) is 33.1 Å². The molecule has 0 aromatic heterocycles. The van der Waals surface area contributed by atoms with Gasteiger partial charge in [-0.25, -0.2) is 0 Å². The van der Waals surface area contributed by atoms with Crippen molar-refractivity contribution in [2.45, 2.75) is 57.8 Å². The van der Waals surface area contributed by atoms with E-state index in [1.54, 1.807) is 4.90 Å². The fourth-order valence-corrected chi connectivity index (χ4v) is 2.95. The second-order valence-electron chi connectivity index (χ2n) is 5.49. The molecular weight excluding hydrogens is 234 g/mol. The number of carboxylic acid groups (broad SMARTS) is 1. The number of aliphatic carboxylic acids is 1. The molecular formula is C13H21NO4. The quantitative estimate of drug-likeness (QED) is 0.803. The van der Waals surface area contributed by atoms with Gasteiger partial charge < -0.3 is 14.7 Å². The predicted molar refractivity (Wildman–Crippen MR) is 65.1 cm³/mol. The number of ether oxygens (including phenoxy) is 1. The zero-order valence-corrected chi connectivity index (χ0v) is 11.0. The summed E-state index contributed by atoms with van der Waals surface area (Å²) in [7, 11) is 0. The van der Waals surface area contributed by atoms with E-state index in [0.29, 0.717) is 6.54 Å². The molecule has 1 amide bonds. The van der Waals surface area contributed by atoms with Gasteiger partial charge in [0.2, 0.25) is 5.91 Å². The van der Waals surface area contributed by atoms with Gasteiger partial charge in [0.1, 0.15) is 0 Å². The van der Waals surface area contributed by atoms with E-state index in [4.69, 9.17) is 9.84 Å². The number of carboxylic acids is 1. The lowest BCUT2D eigenvalue weighted by Crippen LogP contribution is -2.44. The molecule has 0 aromatic carbocycles. The van der Waals surface area contributed by atoms with Gasteiger partial charge >= 0.3 is 5.97 Å². The van der Waals surface area contributed by atoms with E-state index in [1.807, 2.05) is 13.8 Å². The fourth-order valence-electron chi connectivity index (χ4n) is 2.95. The molecule has 0 aliphatic carbocycles. The summed E-state index contributed by atoms with van der Waals surface area (Å²) in [5, 5.41) is 8.73. The Balaban J connectivity index is 1.97. The number of amides is 1. The molecule has 1 N–H and O–H groups in total. The summed E-state index contributed by atoms with van der Waals surface area (Å²) >= 11 is 0. The highest BCUT2D eigenvalue weighted by molar-refractivity contribution is 5.80. The molecule has 5 nitrogen and oxygen atoms in total. The van der Waals surface area contributed by atoms with Crippen molar-refractivity contribution in [1.29, 1.82) is 0 Å². The van der Waals surface area contributed by atoms with E-state index < -0.39 is 5.97 Å². The third kappa shape index (κ3) is 2.66. The van der Waals surface area contributed by atoms with Crippen LogP contribution in [0.15, 0.2) is 0 Å². The molecule has 0 aromatic rings. The van der Waals surface area contributed by atoms with Crippen LogP contribution >= 0.6 is 0 Å². The Kier molecular flexibility index (Phi) is 3.90. The van der Waals surface area contributed by atoms with Crippen LogP contribution in [0.5, 0.6) is 0 Å². The zero-order chi connectivity index (χ0) is 13.3. The highest BCUT2D eigenvalue weighted by atomic mass is 16.5. The Labute approximate surface area is 107 Å². The molecule has 3 atom stereocenters. The molecule has 0 radical (unpaired) electrons. The summed E-state index contributed by atoms with van der Waals surface area (Å²) in [4.78, 5) is 24.8. The van der Waals surface area contributed by atoms with Crippen molar-refractivity contribution in [1.82, 2.24) is 4.90 Å². The van der Waals surface area contributed by atoms with Crippen LogP contribution in [0.4, 0.5) is 0 Å². The van der Waals surface area contributed by atoms with E-state index in [0.717, 1.165) is 19.3 Å². The molecule has 2 heterocycles. The predicted octanol–water partition coefficient (Wildman–Crippen LogP) is 1.27. The van der Waals surface area contributed by atoms with E-state index in [-0.39, 0.29) is 36.5 Å². The van der Waals surface area contributed by atoms with E-state index >= 15 is 0 Å². The summed E-state index contributed by atoms with van der Waals surface area (Å²) in [6.45, 7) is 4.14. The Bertz CT molecular complexity index is 342. The smallest absolute Gasteiger partial charge is 0.305 e. The Morgan fingerprint density at radius 3 is 2.56 bits per heavy atom. The SMILES string of the molecule is CC(C)N(CCC(=O)O)C(=O)C1CC2CCC1O2. The third-order valence-electron chi connectivity index (χ3n) is 3.90. The van der Waals surface area contributed by atoms with Crippen molar-refractivity contribution in [2.75, 3.05) is 6.54 Å². The highest BCUT2D eigenvalue weighted by Gasteiger charge is 2.45. The number of carbonyl (C=O) groups excluding carboxylic acids is 1. The number of hydrogen-bond acceptors (Lipinski definition) is 3. The lowest BCUT2D eigenvalue weighted by atomic mass is 9.88. The topological polar surface area (TPSA) is 66.8 Å². The second kappa shape index (κ2) is 5.26. The maximum atomic E-state index is 12.4. The van der Waals surface area contributed by atoms with Gasteiger partial charge in [0.05, 0.1) is 24.5 Å². The van der Waals surface area contributed by atoms with Crippen molar-refractivity contribution >= 4 is 11.9 Å². The molecule has 2 fully saturated rings. The van der Waals surface area contributed by atoms with E-state index in [9.17, 15) is 9.59 Å². The van der Waals surface area contributed by atoms with Crippen LogP contribution in [0.2, 0.25) is 0 Å². The van der Waals surface area contributed by atoms with Crippen LogP contribution in [-0.4, -0.2) is 46.7 Å². The van der Waals surface area contributed by atoms with Gasteiger partial charge in [0.25, 0.3) is 0 Å². The van der Waals surface area contributed by atoms with Crippen molar-refractivity contribution in [3.8, 4) is 0 Å². The molecule has 2 aliphatic rings. The number of hydrogen-bond donors (Lipinski definition) is 1. The maximum absolute atomic E-state index is 12.4. The van der Waals surface area contributed by atoms with Crippen LogP contribution in [0.3, 0.4) is 0 Å². The lowest BCUT2D eigenvalue weighted by Gasteiger charge is -2.31. The summed E-state index contributed by atoms with van der Waals surface area (Å²) in [5.74, 6) is -0.851. The minimum atomic E-state index is -0.863. The summed E-state index contributed by atoms with van der Waals surface area (Å²) in [6.07, 6.45) is 3.15. The molecule has 2 rings (SSSR count). The first-order valence-electron chi connectivity index (χ1n) is 6.66. The largest absolute Gasteiger partial charge is 0.481 e. The second-order valence-corrected chi connectivity index (χ2v) is 5.49. The van der Waals surface area contributed by atoms with Crippen LogP contribution in [-0.2, 0) is 14.3 Å². The monoisotopic (exact) mass is 255 g/mol. The van der Waals surface area contributed by atoms with Crippen LogP contribution in [0, 0.1) is 5.92 Å². The van der Waals surface area contributed by atoms with Crippen molar-refractivity contribution in [3.05, 3.63) is 0 Å². The normalized spacial score (nSPS) is 29.8. The summed E-state index contributed by atoms with van der Waals surface area (Å²) < 4.78 is 5.70. The first-order valence-corrected chi connectivity index (χ1v) is 6.66. The van der Waals surface area contributed by atoms with Crippen molar-refractivity contribution in [3.63, 3.8) is 0 Å². The standard InChI is InChI=1S/C13H21NO4/c1-8(2)14(6-5-12(15)16)13(17)10-7-9-3-4-11(10)18-9/h8-11H,3-7H2,1-2H3,(H,15,16). The van der Waals surface area contributed by atoms with Gasteiger partial charge in [0.15, 0.2) is 0 Å². The number of fused-ring (bicyclic) bond motifs is 2. The van der Waals surface area contributed by atoms with Gasteiger partial charge in [-0.1, -0.05) is 0 Å². The minimum absolute atomic E-state index is 0.00555. The Morgan fingerprint density at radius 2 is 2.11 bits per heavy atom. The zero-order valence-electron chi connectivity index (χ0n) is 11.0. The van der Waals surface area contributed by atoms with Crippen LogP contribution < -0.4 is 0 Å². The molecule has 2 aliphatic heterocycles. The van der Waals surface area contributed by atoms with Gasteiger partial charge in [-0.2, -0.15) is 0 Å². The van der Waals surface area contributed by atoms with Crippen molar-refractivity contribution < 1.29 is 19.4 Å². The summed E-state index contributed by atoms with van der Waals surface area (Å²) in [5.41, 5.74) is 0. The first-order chi connectivity index (χ1) is 8.49. The molecule has 2 saturated heterocycles. The third-order valence-corrected chi connectivity index (χ3v) is 3.90. The lowest BCUT2D eigenvalue weighted by molar-refractivity contribution is -0.141. The van der Waals surface area contributed by atoms with E-state index in [1.165, 1.54) is 0 Å². The molecule has 3 unspecified atom stereocenters. The number of rotatable bonds is 5. The molecule has 0 saturated carbocycles. The minimum Gasteiger partial charge on any atom is -0.481 e. The molecule has 102 valence electrons. The maximum Gasteiger partial charge on any atom is 0.305 e. The van der Waals surface area contributed by atoms with Crippen LogP contribution in [0.1, 0.15) is 39.5 Å². The average molecular weight is 255 g/mol. The fraction of sp³-hybridized carbons (Fsp3) is 0.846. The van der Waals surface area contributed by atoms with Crippen LogP contribution in [0.25, 0.3) is 0 Å². The Hall–Kier alpha value is -1.10. The van der Waals surface area contributed by atoms with Gasteiger partial charge in [-0.3, -0.25) is 9.59 Å². The van der Waals surface area contributed by atoms with E-state index in [2.05, 4.69) is 0 Å². The number of carbonyl (C=O) groups is 2. The summed E-state index contributed by atoms with van der Waals surface area (Å²) in [6, 6.07) is 0.0379. The highest BCUT2D eigenvalue weighted by Crippen LogP contribution is 2.39. The van der Waals surface area contributed by atoms with Crippen molar-refractivity contribution in [2.24, 2.45) is 5.92 Å². The average Bonchev–Trinajstić information content (AvgIpc) is 2.89. The molecule has 0 spiro atoms. The molecule has 2 bridgehead atoms. The number of nitrogens with zero attached hydrogens (tertiary/aromatic N) is 1. The Morgan fingerprint density at radius 1 is 1.39 bits per heavy atom. The van der Waals surface area contributed by atoms with Gasteiger partial charge in [0, 0.05) is 12.6 Å². The first kappa shape index (κ1) is 13.3. The van der Waals surface area contributed by atoms with Gasteiger partial charge in [-0.15, -0.1) is 0 Å². The molecule has 5 heteroatoms.